The van der Waals surface area contributed by atoms with E-state index < -0.39 is 17.5 Å². The smallest absolute Gasteiger partial charge is 0.263 e. The highest BCUT2D eigenvalue weighted by Crippen LogP contribution is 2.12. The zero-order valence-electron chi connectivity index (χ0n) is 13.7. The molecule has 0 bridgehead atoms. The van der Waals surface area contributed by atoms with Gasteiger partial charge < -0.3 is 0 Å². The number of carbonyl (C=O) groups is 1. The molecule has 3 aromatic rings. The molecule has 1 aromatic heterocycles. The zero-order valence-corrected chi connectivity index (χ0v) is 13.7. The monoisotopic (exact) mass is 356 g/mol. The number of benzene rings is 2. The van der Waals surface area contributed by atoms with Crippen molar-refractivity contribution in [1.29, 1.82) is 0 Å². The summed E-state index contributed by atoms with van der Waals surface area (Å²) in [5.41, 5.74) is 3.35. The Morgan fingerprint density at radius 3 is 2.69 bits per heavy atom. The van der Waals surface area contributed by atoms with E-state index in [1.165, 1.54) is 13.0 Å². The Balaban J connectivity index is 1.63. The van der Waals surface area contributed by atoms with Gasteiger partial charge in [-0.05, 0) is 24.3 Å². The fourth-order valence-corrected chi connectivity index (χ4v) is 2.17. The molecular weight excluding hydrogens is 342 g/mol. The molecule has 1 amide bonds. The number of aromatic nitrogens is 4. The van der Waals surface area contributed by atoms with Crippen molar-refractivity contribution < 1.29 is 13.6 Å². The van der Waals surface area contributed by atoms with E-state index in [9.17, 15) is 13.6 Å². The molecule has 3 rings (SSSR count). The lowest BCUT2D eigenvalue weighted by Gasteiger charge is -2.04. The molecular formula is C17H14F2N6O. The van der Waals surface area contributed by atoms with Gasteiger partial charge in [-0.15, -0.1) is 10.2 Å². The average Bonchev–Trinajstić information content (AvgIpc) is 3.09. The van der Waals surface area contributed by atoms with Crippen LogP contribution in [0.1, 0.15) is 12.5 Å². The Morgan fingerprint density at radius 2 is 1.96 bits per heavy atom. The summed E-state index contributed by atoms with van der Waals surface area (Å²) in [4.78, 5) is 13.1. The van der Waals surface area contributed by atoms with Crippen molar-refractivity contribution in [1.82, 2.24) is 25.6 Å². The molecule has 0 saturated heterocycles. The largest absolute Gasteiger partial charge is 0.271 e. The van der Waals surface area contributed by atoms with E-state index in [0.29, 0.717) is 5.82 Å². The quantitative estimate of drug-likeness (QED) is 0.561. The first-order chi connectivity index (χ1) is 12.5. The highest BCUT2D eigenvalue weighted by molar-refractivity contribution is 5.99. The lowest BCUT2D eigenvalue weighted by Crippen LogP contribution is -2.25. The lowest BCUT2D eigenvalue weighted by atomic mass is 10.1. The molecule has 0 aliphatic carbocycles. The first-order valence-electron chi connectivity index (χ1n) is 7.65. The normalized spacial score (nSPS) is 11.4. The van der Waals surface area contributed by atoms with E-state index in [1.807, 2.05) is 30.3 Å². The van der Waals surface area contributed by atoms with Crippen molar-refractivity contribution in [3.05, 3.63) is 65.7 Å². The number of tetrazole rings is 1. The predicted octanol–water partition coefficient (Wildman–Crippen LogP) is 2.16. The number of hydrazone groups is 1. The number of nitrogens with zero attached hydrogens (tertiary/aromatic N) is 5. The number of nitrogens with one attached hydrogen (secondary N) is 1. The van der Waals surface area contributed by atoms with Crippen LogP contribution >= 0.6 is 0 Å². The number of hydrogen-bond donors (Lipinski definition) is 1. The predicted molar refractivity (Wildman–Crippen MR) is 90.0 cm³/mol. The number of amides is 1. The third-order valence-electron chi connectivity index (χ3n) is 3.44. The molecule has 0 saturated carbocycles. The summed E-state index contributed by atoms with van der Waals surface area (Å²) in [5.74, 6) is -1.56. The van der Waals surface area contributed by atoms with Gasteiger partial charge in [0.1, 0.15) is 18.2 Å². The first-order valence-corrected chi connectivity index (χ1v) is 7.65. The van der Waals surface area contributed by atoms with Gasteiger partial charge in [-0.2, -0.15) is 9.90 Å². The van der Waals surface area contributed by atoms with Crippen molar-refractivity contribution in [2.45, 2.75) is 13.5 Å². The van der Waals surface area contributed by atoms with Gasteiger partial charge in [-0.1, -0.05) is 30.3 Å². The van der Waals surface area contributed by atoms with Crippen molar-refractivity contribution in [3.8, 4) is 11.4 Å². The molecule has 132 valence electrons. The molecule has 7 nitrogen and oxygen atoms in total. The van der Waals surface area contributed by atoms with Crippen LogP contribution in [0, 0.1) is 11.6 Å². The van der Waals surface area contributed by atoms with Crippen LogP contribution in [-0.4, -0.2) is 31.8 Å². The Hall–Kier alpha value is -3.49. The third kappa shape index (κ3) is 4.12. The molecule has 0 aliphatic heterocycles. The van der Waals surface area contributed by atoms with E-state index in [1.54, 1.807) is 0 Å². The van der Waals surface area contributed by atoms with Gasteiger partial charge in [-0.3, -0.25) is 4.79 Å². The number of carbonyl (C=O) groups excluding carboxylic acids is 1. The van der Waals surface area contributed by atoms with E-state index in [2.05, 4.69) is 25.9 Å². The van der Waals surface area contributed by atoms with Gasteiger partial charge in [0.2, 0.25) is 5.82 Å². The third-order valence-corrected chi connectivity index (χ3v) is 3.44. The molecule has 9 heteroatoms. The first kappa shape index (κ1) is 17.3. The van der Waals surface area contributed by atoms with E-state index in [4.69, 9.17) is 0 Å². The summed E-state index contributed by atoms with van der Waals surface area (Å²) in [6, 6.07) is 12.3. The summed E-state index contributed by atoms with van der Waals surface area (Å²) in [6.45, 7) is 1.29. The summed E-state index contributed by atoms with van der Waals surface area (Å²) < 4.78 is 26.6. The maximum atomic E-state index is 13.7. The summed E-state index contributed by atoms with van der Waals surface area (Å²) in [6.07, 6.45) is 0. The molecule has 26 heavy (non-hydrogen) atoms. The van der Waals surface area contributed by atoms with Gasteiger partial charge >= 0.3 is 0 Å². The minimum Gasteiger partial charge on any atom is -0.271 e. The zero-order chi connectivity index (χ0) is 18.5. The van der Waals surface area contributed by atoms with Crippen LogP contribution in [0.15, 0.2) is 53.6 Å². The number of rotatable bonds is 5. The topological polar surface area (TPSA) is 85.1 Å². The Kier molecular flexibility index (Phi) is 5.07. The second-order valence-corrected chi connectivity index (χ2v) is 5.37. The van der Waals surface area contributed by atoms with Crippen molar-refractivity contribution >= 4 is 11.6 Å². The van der Waals surface area contributed by atoms with Crippen LogP contribution in [0.3, 0.4) is 0 Å². The van der Waals surface area contributed by atoms with Gasteiger partial charge in [0, 0.05) is 17.2 Å². The summed E-state index contributed by atoms with van der Waals surface area (Å²) in [7, 11) is 0. The van der Waals surface area contributed by atoms with Gasteiger partial charge in [0.15, 0.2) is 0 Å². The van der Waals surface area contributed by atoms with Gasteiger partial charge in [-0.25, -0.2) is 14.2 Å². The van der Waals surface area contributed by atoms with E-state index in [-0.39, 0.29) is 17.8 Å². The van der Waals surface area contributed by atoms with Crippen LogP contribution in [0.2, 0.25) is 0 Å². The highest BCUT2D eigenvalue weighted by atomic mass is 19.1. The van der Waals surface area contributed by atoms with E-state index in [0.717, 1.165) is 22.5 Å². The standard InChI is InChI=1S/C17H14F2N6O/c1-11(14-8-7-13(18)9-15(14)19)20-21-16(26)10-25-23-17(22-24-25)12-5-3-2-4-6-12/h2-9H,10H2,1H3,(H,21,26)/b20-11+. The van der Waals surface area contributed by atoms with Crippen molar-refractivity contribution in [2.24, 2.45) is 5.10 Å². The number of hydrogen-bond acceptors (Lipinski definition) is 5. The van der Waals surface area contributed by atoms with Crippen LogP contribution in [-0.2, 0) is 11.3 Å². The highest BCUT2D eigenvalue weighted by Gasteiger charge is 2.10. The second-order valence-electron chi connectivity index (χ2n) is 5.37. The fraction of sp³-hybridized carbons (Fsp3) is 0.118. The molecule has 1 heterocycles. The maximum absolute atomic E-state index is 13.7. The van der Waals surface area contributed by atoms with Crippen LogP contribution < -0.4 is 5.43 Å². The maximum Gasteiger partial charge on any atom is 0.263 e. The molecule has 2 aromatic carbocycles. The van der Waals surface area contributed by atoms with Gasteiger partial charge in [0.05, 0.1) is 5.71 Å². The minimum atomic E-state index is -0.758. The SMILES string of the molecule is C/C(=N\NC(=O)Cn1nnc(-c2ccccc2)n1)c1ccc(F)cc1F. The molecule has 0 fully saturated rings. The second kappa shape index (κ2) is 7.60. The Labute approximate surface area is 147 Å². The molecule has 0 atom stereocenters. The molecule has 1 N–H and O–H groups in total. The van der Waals surface area contributed by atoms with Crippen LogP contribution in [0.25, 0.3) is 11.4 Å². The lowest BCUT2D eigenvalue weighted by molar-refractivity contribution is -0.122. The van der Waals surface area contributed by atoms with Crippen LogP contribution in [0.5, 0.6) is 0 Å². The summed E-state index contributed by atoms with van der Waals surface area (Å²) in [5, 5.41) is 15.6. The molecule has 0 aliphatic rings. The minimum absolute atomic E-state index is 0.0944. The van der Waals surface area contributed by atoms with Crippen molar-refractivity contribution in [2.75, 3.05) is 0 Å². The number of halogens is 2. The fourth-order valence-electron chi connectivity index (χ4n) is 2.17. The van der Waals surface area contributed by atoms with Crippen molar-refractivity contribution in [3.63, 3.8) is 0 Å². The Morgan fingerprint density at radius 1 is 1.19 bits per heavy atom. The molecule has 0 spiro atoms. The van der Waals surface area contributed by atoms with Crippen LogP contribution in [0.4, 0.5) is 8.78 Å². The average molecular weight is 356 g/mol. The molecule has 0 radical (unpaired) electrons. The van der Waals surface area contributed by atoms with E-state index >= 15 is 0 Å². The summed E-state index contributed by atoms with van der Waals surface area (Å²) >= 11 is 0. The Bertz CT molecular complexity index is 955. The molecule has 0 unspecified atom stereocenters. The van der Waals surface area contributed by atoms with Gasteiger partial charge in [0.25, 0.3) is 5.91 Å².